The third kappa shape index (κ3) is 6.15. The first-order chi connectivity index (χ1) is 12.0. The summed E-state index contributed by atoms with van der Waals surface area (Å²) in [5, 5.41) is 12.8. The maximum atomic E-state index is 12.2. The number of carbonyl (C=O) groups excluding carboxylic acids is 1. The third-order valence-electron chi connectivity index (χ3n) is 3.84. The van der Waals surface area contributed by atoms with Crippen LogP contribution in [0, 0.1) is 6.92 Å². The molecule has 0 heterocycles. The number of aliphatic hydroxyl groups is 1. The van der Waals surface area contributed by atoms with Crippen LogP contribution in [0.25, 0.3) is 0 Å². The highest BCUT2D eigenvalue weighted by Crippen LogP contribution is 2.20. The number of ether oxygens (including phenoxy) is 1. The number of aryl methyl sites for hydroxylation is 2. The summed E-state index contributed by atoms with van der Waals surface area (Å²) in [5.41, 5.74) is 2.64. The van der Waals surface area contributed by atoms with Gasteiger partial charge in [-0.2, -0.15) is 8.78 Å². The molecule has 4 nitrogen and oxygen atoms in total. The number of benzene rings is 2. The first-order valence-electron chi connectivity index (χ1n) is 7.99. The van der Waals surface area contributed by atoms with Crippen molar-refractivity contribution in [1.82, 2.24) is 5.32 Å². The van der Waals surface area contributed by atoms with Gasteiger partial charge >= 0.3 is 6.61 Å². The number of rotatable bonds is 8. The van der Waals surface area contributed by atoms with Gasteiger partial charge in [-0.25, -0.2) is 0 Å². The molecule has 0 aromatic heterocycles. The van der Waals surface area contributed by atoms with E-state index in [9.17, 15) is 18.7 Å². The maximum Gasteiger partial charge on any atom is 0.387 e. The highest BCUT2D eigenvalue weighted by atomic mass is 19.3. The molecule has 25 heavy (non-hydrogen) atoms. The lowest BCUT2D eigenvalue weighted by Gasteiger charge is -2.14. The van der Waals surface area contributed by atoms with E-state index in [1.165, 1.54) is 18.2 Å². The molecular weight excluding hydrogens is 328 g/mol. The van der Waals surface area contributed by atoms with Crippen molar-refractivity contribution in [3.05, 3.63) is 65.2 Å². The first kappa shape index (κ1) is 18.9. The van der Waals surface area contributed by atoms with Gasteiger partial charge in [0.2, 0.25) is 5.91 Å². The number of alkyl halides is 2. The van der Waals surface area contributed by atoms with Gasteiger partial charge in [0.15, 0.2) is 0 Å². The predicted molar refractivity (Wildman–Crippen MR) is 90.5 cm³/mol. The summed E-state index contributed by atoms with van der Waals surface area (Å²) in [6.45, 7) is -0.926. The second-order valence-corrected chi connectivity index (χ2v) is 5.70. The highest BCUT2D eigenvalue weighted by molar-refractivity contribution is 5.76. The van der Waals surface area contributed by atoms with E-state index in [0.717, 1.165) is 11.1 Å². The normalized spacial score (nSPS) is 12.0. The molecule has 0 saturated carbocycles. The molecule has 0 aliphatic rings. The Hall–Kier alpha value is -2.47. The molecule has 1 atom stereocenters. The minimum atomic E-state index is -2.92. The fourth-order valence-electron chi connectivity index (χ4n) is 2.45. The van der Waals surface area contributed by atoms with Crippen molar-refractivity contribution < 1.29 is 23.4 Å². The summed E-state index contributed by atoms with van der Waals surface area (Å²) in [6.07, 6.45) is -0.0676. The van der Waals surface area contributed by atoms with Gasteiger partial charge in [-0.05, 0) is 42.2 Å². The second kappa shape index (κ2) is 9.13. The SMILES string of the molecule is Cc1ccccc1CCC(=O)NCC(O)c1cccc(OC(F)F)c1. The zero-order valence-corrected chi connectivity index (χ0v) is 13.9. The predicted octanol–water partition coefficient (Wildman–Crippen LogP) is 3.38. The van der Waals surface area contributed by atoms with Crippen molar-refractivity contribution in [2.24, 2.45) is 0 Å². The van der Waals surface area contributed by atoms with Gasteiger partial charge in [0.1, 0.15) is 5.75 Å². The van der Waals surface area contributed by atoms with Crippen LogP contribution >= 0.6 is 0 Å². The number of nitrogens with one attached hydrogen (secondary N) is 1. The van der Waals surface area contributed by atoms with Crippen molar-refractivity contribution in [3.63, 3.8) is 0 Å². The smallest absolute Gasteiger partial charge is 0.387 e. The zero-order valence-electron chi connectivity index (χ0n) is 13.9. The quantitative estimate of drug-likeness (QED) is 0.768. The number of hydrogen-bond donors (Lipinski definition) is 2. The molecule has 6 heteroatoms. The number of halogens is 2. The minimum Gasteiger partial charge on any atom is -0.435 e. The molecule has 0 aliphatic carbocycles. The average molecular weight is 349 g/mol. The molecule has 0 saturated heterocycles. The molecule has 0 spiro atoms. The Bertz CT molecular complexity index is 707. The molecule has 2 rings (SSSR count). The van der Waals surface area contributed by atoms with Crippen molar-refractivity contribution >= 4 is 5.91 Å². The Balaban J connectivity index is 1.82. The summed E-state index contributed by atoms with van der Waals surface area (Å²) in [6, 6.07) is 13.6. The van der Waals surface area contributed by atoms with E-state index < -0.39 is 12.7 Å². The topological polar surface area (TPSA) is 58.6 Å². The van der Waals surface area contributed by atoms with Crippen LogP contribution in [-0.2, 0) is 11.2 Å². The summed E-state index contributed by atoms with van der Waals surface area (Å²) >= 11 is 0. The standard InChI is InChI=1S/C19H21F2NO3/c1-13-5-2-3-6-14(13)9-10-18(24)22-12-17(23)15-7-4-8-16(11-15)25-19(20)21/h2-8,11,17,19,23H,9-10,12H2,1H3,(H,22,24). The van der Waals surface area contributed by atoms with Gasteiger partial charge in [-0.3, -0.25) is 4.79 Å². The van der Waals surface area contributed by atoms with Crippen LogP contribution in [0.4, 0.5) is 8.78 Å². The molecule has 2 aromatic carbocycles. The summed E-state index contributed by atoms with van der Waals surface area (Å²) in [4.78, 5) is 11.9. The van der Waals surface area contributed by atoms with Crippen LogP contribution in [0.2, 0.25) is 0 Å². The molecule has 1 unspecified atom stereocenters. The second-order valence-electron chi connectivity index (χ2n) is 5.70. The lowest BCUT2D eigenvalue weighted by atomic mass is 10.0. The zero-order chi connectivity index (χ0) is 18.2. The van der Waals surface area contributed by atoms with E-state index >= 15 is 0 Å². The van der Waals surface area contributed by atoms with Crippen LogP contribution in [-0.4, -0.2) is 24.2 Å². The summed E-state index contributed by atoms with van der Waals surface area (Å²) in [5.74, 6) is -0.209. The third-order valence-corrected chi connectivity index (χ3v) is 3.84. The van der Waals surface area contributed by atoms with Crippen molar-refractivity contribution in [2.75, 3.05) is 6.54 Å². The van der Waals surface area contributed by atoms with Gasteiger partial charge in [-0.15, -0.1) is 0 Å². The highest BCUT2D eigenvalue weighted by Gasteiger charge is 2.12. The van der Waals surface area contributed by atoms with Crippen LogP contribution < -0.4 is 10.1 Å². The molecule has 1 amide bonds. The number of aliphatic hydroxyl groups excluding tert-OH is 1. The fourth-order valence-corrected chi connectivity index (χ4v) is 2.45. The molecule has 0 bridgehead atoms. The van der Waals surface area contributed by atoms with E-state index in [4.69, 9.17) is 0 Å². The van der Waals surface area contributed by atoms with Gasteiger partial charge in [0.25, 0.3) is 0 Å². The van der Waals surface area contributed by atoms with Crippen molar-refractivity contribution in [2.45, 2.75) is 32.5 Å². The fraction of sp³-hybridized carbons (Fsp3) is 0.316. The van der Waals surface area contributed by atoms with Crippen LogP contribution in [0.15, 0.2) is 48.5 Å². The van der Waals surface area contributed by atoms with E-state index in [0.29, 0.717) is 18.4 Å². The molecule has 0 fully saturated rings. The lowest BCUT2D eigenvalue weighted by Crippen LogP contribution is -2.28. The summed E-state index contributed by atoms with van der Waals surface area (Å²) < 4.78 is 28.7. The Kier molecular flexibility index (Phi) is 6.89. The van der Waals surface area contributed by atoms with Gasteiger partial charge in [0.05, 0.1) is 6.10 Å². The Morgan fingerprint density at radius 3 is 2.68 bits per heavy atom. The Morgan fingerprint density at radius 1 is 1.20 bits per heavy atom. The minimum absolute atomic E-state index is 0.00470. The van der Waals surface area contributed by atoms with Crippen LogP contribution in [0.3, 0.4) is 0 Å². The molecule has 134 valence electrons. The lowest BCUT2D eigenvalue weighted by molar-refractivity contribution is -0.121. The van der Waals surface area contributed by atoms with Gasteiger partial charge in [0, 0.05) is 13.0 Å². The molecule has 2 N–H and O–H groups in total. The van der Waals surface area contributed by atoms with Crippen LogP contribution in [0.1, 0.15) is 29.2 Å². The number of amides is 1. The molecule has 0 aliphatic heterocycles. The van der Waals surface area contributed by atoms with Crippen LogP contribution in [0.5, 0.6) is 5.75 Å². The van der Waals surface area contributed by atoms with E-state index in [2.05, 4.69) is 10.1 Å². The summed E-state index contributed by atoms with van der Waals surface area (Å²) in [7, 11) is 0. The van der Waals surface area contributed by atoms with E-state index in [1.807, 2.05) is 31.2 Å². The Labute approximate surface area is 145 Å². The molecule has 2 aromatic rings. The first-order valence-corrected chi connectivity index (χ1v) is 7.99. The van der Waals surface area contributed by atoms with E-state index in [1.54, 1.807) is 6.07 Å². The Morgan fingerprint density at radius 2 is 1.96 bits per heavy atom. The number of hydrogen-bond acceptors (Lipinski definition) is 3. The number of carbonyl (C=O) groups is 1. The van der Waals surface area contributed by atoms with E-state index in [-0.39, 0.29) is 18.2 Å². The monoisotopic (exact) mass is 349 g/mol. The molecule has 0 radical (unpaired) electrons. The van der Waals surface area contributed by atoms with Gasteiger partial charge < -0.3 is 15.2 Å². The van der Waals surface area contributed by atoms with Gasteiger partial charge in [-0.1, -0.05) is 36.4 Å². The van der Waals surface area contributed by atoms with Crippen molar-refractivity contribution in [3.8, 4) is 5.75 Å². The maximum absolute atomic E-state index is 12.2. The largest absolute Gasteiger partial charge is 0.435 e. The molecular formula is C19H21F2NO3. The van der Waals surface area contributed by atoms with Crippen molar-refractivity contribution in [1.29, 1.82) is 0 Å². The average Bonchev–Trinajstić information content (AvgIpc) is 2.58.